The van der Waals surface area contributed by atoms with Crippen LogP contribution in [0, 0.1) is 5.82 Å². The van der Waals surface area contributed by atoms with E-state index in [1.165, 1.54) is 36.5 Å². The van der Waals surface area contributed by atoms with Gasteiger partial charge in [-0.05, 0) is 73.2 Å². The molecule has 0 heterocycles. The van der Waals surface area contributed by atoms with Gasteiger partial charge in [0, 0.05) is 5.56 Å². The standard InChI is InChI=1S/C25H22FN3O5/c1-2-33-19-13-9-18(10-14-19)24(31)27-16-23(30)29-28-15-17-7-11-20(12-8-17)34-25(32)21-5-3-4-6-22(21)26/h3-15H,2,16H2,1H3,(H,27,31)(H,29,30)/b28-15+. The van der Waals surface area contributed by atoms with E-state index >= 15 is 0 Å². The topological polar surface area (TPSA) is 106 Å². The van der Waals surface area contributed by atoms with Crippen LogP contribution in [0.3, 0.4) is 0 Å². The first kappa shape index (κ1) is 24.1. The summed E-state index contributed by atoms with van der Waals surface area (Å²) in [5.41, 5.74) is 3.16. The quantitative estimate of drug-likeness (QED) is 0.219. The first-order chi connectivity index (χ1) is 16.5. The van der Waals surface area contributed by atoms with Crippen LogP contribution in [0.4, 0.5) is 4.39 Å². The number of carbonyl (C=O) groups excluding carboxylic acids is 3. The number of esters is 1. The Morgan fingerprint density at radius 2 is 1.62 bits per heavy atom. The van der Waals surface area contributed by atoms with E-state index in [2.05, 4.69) is 15.8 Å². The van der Waals surface area contributed by atoms with Gasteiger partial charge >= 0.3 is 5.97 Å². The van der Waals surface area contributed by atoms with Crippen molar-refractivity contribution in [2.24, 2.45) is 5.10 Å². The van der Waals surface area contributed by atoms with Gasteiger partial charge in [-0.15, -0.1) is 0 Å². The minimum atomic E-state index is -0.806. The molecule has 0 saturated heterocycles. The van der Waals surface area contributed by atoms with E-state index in [1.54, 1.807) is 42.5 Å². The molecule has 2 N–H and O–H groups in total. The van der Waals surface area contributed by atoms with Crippen LogP contribution < -0.4 is 20.2 Å². The van der Waals surface area contributed by atoms with Gasteiger partial charge in [0.25, 0.3) is 11.8 Å². The van der Waals surface area contributed by atoms with Gasteiger partial charge in [0.05, 0.1) is 24.9 Å². The van der Waals surface area contributed by atoms with E-state index in [-0.39, 0.29) is 17.9 Å². The average Bonchev–Trinajstić information content (AvgIpc) is 2.84. The first-order valence-electron chi connectivity index (χ1n) is 10.4. The molecule has 0 atom stereocenters. The van der Waals surface area contributed by atoms with Crippen LogP contribution in [0.5, 0.6) is 11.5 Å². The second-order valence-corrected chi connectivity index (χ2v) is 6.87. The molecule has 174 valence electrons. The summed E-state index contributed by atoms with van der Waals surface area (Å²) in [6.07, 6.45) is 1.38. The van der Waals surface area contributed by atoms with Gasteiger partial charge in [0.1, 0.15) is 17.3 Å². The molecule has 0 bridgehead atoms. The van der Waals surface area contributed by atoms with Crippen LogP contribution >= 0.6 is 0 Å². The lowest BCUT2D eigenvalue weighted by atomic mass is 10.2. The summed E-state index contributed by atoms with van der Waals surface area (Å²) in [4.78, 5) is 36.0. The Morgan fingerprint density at radius 1 is 0.941 bits per heavy atom. The van der Waals surface area contributed by atoms with Crippen LogP contribution in [0.25, 0.3) is 0 Å². The van der Waals surface area contributed by atoms with Gasteiger partial charge in [0.2, 0.25) is 0 Å². The Morgan fingerprint density at radius 3 is 2.29 bits per heavy atom. The summed E-state index contributed by atoms with van der Waals surface area (Å²) in [6.45, 7) is 2.14. The normalized spacial score (nSPS) is 10.5. The average molecular weight is 463 g/mol. The van der Waals surface area contributed by atoms with Gasteiger partial charge in [-0.3, -0.25) is 9.59 Å². The zero-order valence-electron chi connectivity index (χ0n) is 18.3. The van der Waals surface area contributed by atoms with Gasteiger partial charge in [-0.1, -0.05) is 12.1 Å². The number of halogens is 1. The predicted octanol–water partition coefficient (Wildman–Crippen LogP) is 3.32. The lowest BCUT2D eigenvalue weighted by Crippen LogP contribution is -2.34. The molecule has 9 heteroatoms. The van der Waals surface area contributed by atoms with Gasteiger partial charge in [-0.2, -0.15) is 5.10 Å². The fourth-order valence-electron chi connectivity index (χ4n) is 2.76. The zero-order valence-corrected chi connectivity index (χ0v) is 18.3. The number of ether oxygens (including phenoxy) is 2. The number of hydrogen-bond donors (Lipinski definition) is 2. The van der Waals surface area contributed by atoms with Crippen molar-refractivity contribution in [3.63, 3.8) is 0 Å². The highest BCUT2D eigenvalue weighted by molar-refractivity contribution is 5.96. The van der Waals surface area contributed by atoms with Crippen LogP contribution in [-0.2, 0) is 4.79 Å². The molecule has 8 nitrogen and oxygen atoms in total. The second-order valence-electron chi connectivity index (χ2n) is 6.87. The summed E-state index contributed by atoms with van der Waals surface area (Å²) in [6, 6.07) is 18.3. The number of hydrogen-bond acceptors (Lipinski definition) is 6. The van der Waals surface area contributed by atoms with Crippen molar-refractivity contribution in [2.75, 3.05) is 13.2 Å². The lowest BCUT2D eigenvalue weighted by Gasteiger charge is -2.06. The third kappa shape index (κ3) is 6.99. The van der Waals surface area contributed by atoms with Crippen molar-refractivity contribution in [1.29, 1.82) is 0 Å². The van der Waals surface area contributed by atoms with Gasteiger partial charge in [-0.25, -0.2) is 14.6 Å². The molecular formula is C25H22FN3O5. The Kier molecular flexibility index (Phi) is 8.45. The lowest BCUT2D eigenvalue weighted by molar-refractivity contribution is -0.120. The molecule has 2 amide bonds. The van der Waals surface area contributed by atoms with Crippen molar-refractivity contribution >= 4 is 24.0 Å². The fourth-order valence-corrected chi connectivity index (χ4v) is 2.76. The summed E-state index contributed by atoms with van der Waals surface area (Å²) >= 11 is 0. The number of nitrogens with one attached hydrogen (secondary N) is 2. The molecule has 0 spiro atoms. The Bertz CT molecular complexity index is 1180. The third-order valence-electron chi connectivity index (χ3n) is 4.42. The molecule has 0 aliphatic carbocycles. The van der Waals surface area contributed by atoms with E-state index in [9.17, 15) is 18.8 Å². The molecule has 0 aromatic heterocycles. The van der Waals surface area contributed by atoms with Crippen LogP contribution in [0.15, 0.2) is 77.9 Å². The second kappa shape index (κ2) is 11.9. The fraction of sp³-hybridized carbons (Fsp3) is 0.120. The SMILES string of the molecule is CCOc1ccc(C(=O)NCC(=O)N/N=C/c2ccc(OC(=O)c3ccccc3F)cc2)cc1. The van der Waals surface area contributed by atoms with Crippen molar-refractivity contribution in [1.82, 2.24) is 10.7 Å². The summed E-state index contributed by atoms with van der Waals surface area (Å²) in [5.74, 6) is -1.50. The Balaban J connectivity index is 1.44. The van der Waals surface area contributed by atoms with Crippen LogP contribution in [0.2, 0.25) is 0 Å². The zero-order chi connectivity index (χ0) is 24.3. The number of rotatable bonds is 9. The highest BCUT2D eigenvalue weighted by atomic mass is 19.1. The molecule has 0 aliphatic heterocycles. The number of hydrazone groups is 1. The minimum Gasteiger partial charge on any atom is -0.494 e. The molecule has 3 aromatic carbocycles. The summed E-state index contributed by atoms with van der Waals surface area (Å²) in [7, 11) is 0. The molecular weight excluding hydrogens is 441 g/mol. The number of carbonyl (C=O) groups is 3. The predicted molar refractivity (Wildman–Crippen MR) is 123 cm³/mol. The molecule has 3 rings (SSSR count). The highest BCUT2D eigenvalue weighted by Gasteiger charge is 2.13. The molecule has 0 fully saturated rings. The van der Waals surface area contributed by atoms with Crippen molar-refractivity contribution in [2.45, 2.75) is 6.92 Å². The molecule has 0 saturated carbocycles. The monoisotopic (exact) mass is 463 g/mol. The van der Waals surface area contributed by atoms with Crippen molar-refractivity contribution < 1.29 is 28.2 Å². The highest BCUT2D eigenvalue weighted by Crippen LogP contribution is 2.15. The summed E-state index contributed by atoms with van der Waals surface area (Å²) < 4.78 is 24.1. The molecule has 3 aromatic rings. The minimum absolute atomic E-state index is 0.162. The molecule has 34 heavy (non-hydrogen) atoms. The number of benzene rings is 3. The number of amides is 2. The Hall–Kier alpha value is -4.53. The van der Waals surface area contributed by atoms with E-state index in [4.69, 9.17) is 9.47 Å². The Labute approximate surface area is 195 Å². The maximum Gasteiger partial charge on any atom is 0.346 e. The largest absolute Gasteiger partial charge is 0.494 e. The molecule has 0 aliphatic rings. The van der Waals surface area contributed by atoms with Crippen LogP contribution in [-0.4, -0.2) is 37.1 Å². The molecule has 0 radical (unpaired) electrons. The molecule has 0 unspecified atom stereocenters. The maximum atomic E-state index is 13.7. The van der Waals surface area contributed by atoms with Crippen molar-refractivity contribution in [3.05, 3.63) is 95.3 Å². The first-order valence-corrected chi connectivity index (χ1v) is 10.4. The van der Waals surface area contributed by atoms with E-state index in [0.717, 1.165) is 0 Å². The van der Waals surface area contributed by atoms with E-state index in [1.807, 2.05) is 6.92 Å². The van der Waals surface area contributed by atoms with E-state index < -0.39 is 23.6 Å². The van der Waals surface area contributed by atoms with Crippen molar-refractivity contribution in [3.8, 4) is 11.5 Å². The van der Waals surface area contributed by atoms with Gasteiger partial charge < -0.3 is 14.8 Å². The number of nitrogens with zero attached hydrogens (tertiary/aromatic N) is 1. The maximum absolute atomic E-state index is 13.7. The third-order valence-corrected chi connectivity index (χ3v) is 4.42. The summed E-state index contributed by atoms with van der Waals surface area (Å²) in [5, 5.41) is 6.33. The van der Waals surface area contributed by atoms with Crippen LogP contribution in [0.1, 0.15) is 33.2 Å². The van der Waals surface area contributed by atoms with E-state index in [0.29, 0.717) is 23.5 Å². The van der Waals surface area contributed by atoms with Gasteiger partial charge in [0.15, 0.2) is 0 Å². The smallest absolute Gasteiger partial charge is 0.346 e.